The quantitative estimate of drug-likeness (QED) is 0.632. The van der Waals surface area contributed by atoms with Crippen LogP contribution in [-0.2, 0) is 6.54 Å². The Bertz CT molecular complexity index is 254. The Hall–Kier alpha value is -1.05. The predicted octanol–water partition coefficient (Wildman–Crippen LogP) is 2.33. The van der Waals surface area contributed by atoms with Gasteiger partial charge >= 0.3 is 0 Å². The van der Waals surface area contributed by atoms with E-state index in [1.807, 2.05) is 16.9 Å². The minimum absolute atomic E-state index is 0.937. The van der Waals surface area contributed by atoms with Crippen LogP contribution in [0.1, 0.15) is 26.5 Å². The molecule has 0 saturated carbocycles. The van der Waals surface area contributed by atoms with Crippen LogP contribution in [0.25, 0.3) is 6.08 Å². The maximum Gasteiger partial charge on any atom is 0.0609 e. The first-order chi connectivity index (χ1) is 5.24. The first-order valence-electron chi connectivity index (χ1n) is 3.90. The zero-order valence-corrected chi connectivity index (χ0v) is 7.33. The number of allylic oxidation sites excluding steroid dienone is 1. The fourth-order valence-corrected chi connectivity index (χ4v) is 1.03. The lowest BCUT2D eigenvalue weighted by Gasteiger charge is -1.98. The van der Waals surface area contributed by atoms with Crippen molar-refractivity contribution in [2.75, 3.05) is 0 Å². The van der Waals surface area contributed by atoms with E-state index in [4.69, 9.17) is 0 Å². The lowest BCUT2D eigenvalue weighted by atomic mass is 10.3. The fraction of sp³-hybridized carbons (Fsp3) is 0.444. The molecule has 0 aromatic carbocycles. The standard InChI is InChI=1S/C9H14N2/c1-4-11-9(5-6-10-11)7-8(2)3/h5-7H,4H2,1-3H3. The van der Waals surface area contributed by atoms with Crippen molar-refractivity contribution in [2.24, 2.45) is 0 Å². The van der Waals surface area contributed by atoms with Crippen molar-refractivity contribution in [2.45, 2.75) is 27.3 Å². The topological polar surface area (TPSA) is 17.8 Å². The molecule has 1 rings (SSSR count). The largest absolute Gasteiger partial charge is 0.266 e. The summed E-state index contributed by atoms with van der Waals surface area (Å²) < 4.78 is 1.98. The molecule has 0 radical (unpaired) electrons. The van der Waals surface area contributed by atoms with E-state index in [1.54, 1.807) is 0 Å². The van der Waals surface area contributed by atoms with Gasteiger partial charge in [0.15, 0.2) is 0 Å². The molecule has 0 unspecified atom stereocenters. The summed E-state index contributed by atoms with van der Waals surface area (Å²) in [6.07, 6.45) is 3.97. The average Bonchev–Trinajstić information content (AvgIpc) is 2.34. The van der Waals surface area contributed by atoms with Gasteiger partial charge in [0, 0.05) is 12.7 Å². The second kappa shape index (κ2) is 3.37. The molecule has 2 nitrogen and oxygen atoms in total. The van der Waals surface area contributed by atoms with Crippen LogP contribution in [0, 0.1) is 0 Å². The molecule has 1 aromatic rings. The minimum Gasteiger partial charge on any atom is -0.266 e. The van der Waals surface area contributed by atoms with E-state index in [0.29, 0.717) is 0 Å². The van der Waals surface area contributed by atoms with Gasteiger partial charge in [-0.2, -0.15) is 5.10 Å². The van der Waals surface area contributed by atoms with Crippen molar-refractivity contribution in [3.8, 4) is 0 Å². The molecule has 0 amide bonds. The molecular weight excluding hydrogens is 136 g/mol. The Morgan fingerprint density at radius 2 is 2.36 bits per heavy atom. The molecule has 0 spiro atoms. The molecule has 0 aliphatic rings. The molecular formula is C9H14N2. The van der Waals surface area contributed by atoms with Crippen LogP contribution in [0.4, 0.5) is 0 Å². The lowest BCUT2D eigenvalue weighted by Crippen LogP contribution is -1.98. The summed E-state index contributed by atoms with van der Waals surface area (Å²) in [5, 5.41) is 4.16. The molecule has 1 heterocycles. The van der Waals surface area contributed by atoms with E-state index in [1.165, 1.54) is 11.3 Å². The zero-order chi connectivity index (χ0) is 8.27. The van der Waals surface area contributed by atoms with Crippen LogP contribution >= 0.6 is 0 Å². The second-order valence-corrected chi connectivity index (χ2v) is 2.79. The summed E-state index contributed by atoms with van der Waals surface area (Å²) >= 11 is 0. The number of aromatic nitrogens is 2. The van der Waals surface area contributed by atoms with E-state index in [0.717, 1.165) is 6.54 Å². The highest BCUT2D eigenvalue weighted by Gasteiger charge is 1.94. The third-order valence-corrected chi connectivity index (χ3v) is 1.49. The number of hydrogen-bond donors (Lipinski definition) is 0. The summed E-state index contributed by atoms with van der Waals surface area (Å²) in [4.78, 5) is 0. The number of hydrogen-bond acceptors (Lipinski definition) is 1. The van der Waals surface area contributed by atoms with Gasteiger partial charge in [0.25, 0.3) is 0 Å². The van der Waals surface area contributed by atoms with E-state index in [2.05, 4.69) is 31.9 Å². The number of nitrogens with zero attached hydrogens (tertiary/aromatic N) is 2. The van der Waals surface area contributed by atoms with Crippen molar-refractivity contribution in [3.63, 3.8) is 0 Å². The van der Waals surface area contributed by atoms with Gasteiger partial charge in [-0.25, -0.2) is 0 Å². The highest BCUT2D eigenvalue weighted by molar-refractivity contribution is 5.47. The van der Waals surface area contributed by atoms with Crippen molar-refractivity contribution in [1.29, 1.82) is 0 Å². The van der Waals surface area contributed by atoms with Crippen LogP contribution in [0.5, 0.6) is 0 Å². The maximum atomic E-state index is 4.16. The SMILES string of the molecule is CCn1nccc1C=C(C)C. The van der Waals surface area contributed by atoms with Gasteiger partial charge in [0.1, 0.15) is 0 Å². The normalized spacial score (nSPS) is 9.73. The summed E-state index contributed by atoms with van der Waals surface area (Å²) in [7, 11) is 0. The van der Waals surface area contributed by atoms with Gasteiger partial charge in [0.2, 0.25) is 0 Å². The van der Waals surface area contributed by atoms with E-state index in [-0.39, 0.29) is 0 Å². The van der Waals surface area contributed by atoms with Crippen LogP contribution in [0.2, 0.25) is 0 Å². The van der Waals surface area contributed by atoms with Gasteiger partial charge in [-0.05, 0) is 32.9 Å². The Morgan fingerprint density at radius 3 is 2.91 bits per heavy atom. The van der Waals surface area contributed by atoms with Crippen molar-refractivity contribution >= 4 is 6.08 Å². The number of aryl methyl sites for hydroxylation is 1. The van der Waals surface area contributed by atoms with Gasteiger partial charge in [-0.3, -0.25) is 4.68 Å². The first kappa shape index (κ1) is 8.05. The van der Waals surface area contributed by atoms with Crippen LogP contribution < -0.4 is 0 Å². The van der Waals surface area contributed by atoms with Gasteiger partial charge in [-0.15, -0.1) is 0 Å². The monoisotopic (exact) mass is 150 g/mol. The fourth-order valence-electron chi connectivity index (χ4n) is 1.03. The molecule has 1 aromatic heterocycles. The third kappa shape index (κ3) is 1.93. The average molecular weight is 150 g/mol. The zero-order valence-electron chi connectivity index (χ0n) is 7.33. The van der Waals surface area contributed by atoms with Crippen LogP contribution in [0.15, 0.2) is 17.8 Å². The molecule has 60 valence electrons. The molecule has 0 fully saturated rings. The molecule has 0 N–H and O–H groups in total. The Balaban J connectivity index is 2.93. The Kier molecular flexibility index (Phi) is 2.47. The summed E-state index contributed by atoms with van der Waals surface area (Å²) in [5.41, 5.74) is 2.49. The predicted molar refractivity (Wildman–Crippen MR) is 47.2 cm³/mol. The summed E-state index contributed by atoms with van der Waals surface area (Å²) in [5.74, 6) is 0. The summed E-state index contributed by atoms with van der Waals surface area (Å²) in [6, 6.07) is 2.02. The van der Waals surface area contributed by atoms with Gasteiger partial charge in [0.05, 0.1) is 5.69 Å². The smallest absolute Gasteiger partial charge is 0.0609 e. The first-order valence-corrected chi connectivity index (χ1v) is 3.90. The van der Waals surface area contributed by atoms with Gasteiger partial charge < -0.3 is 0 Å². The maximum absolute atomic E-state index is 4.16. The summed E-state index contributed by atoms with van der Waals surface area (Å²) in [6.45, 7) is 7.21. The molecule has 0 saturated heterocycles. The molecule has 0 atom stereocenters. The van der Waals surface area contributed by atoms with Crippen molar-refractivity contribution in [1.82, 2.24) is 9.78 Å². The molecule has 0 aliphatic heterocycles. The highest BCUT2D eigenvalue weighted by atomic mass is 15.3. The molecule has 2 heteroatoms. The van der Waals surface area contributed by atoms with E-state index in [9.17, 15) is 0 Å². The van der Waals surface area contributed by atoms with Crippen molar-refractivity contribution in [3.05, 3.63) is 23.5 Å². The molecule has 0 bridgehead atoms. The second-order valence-electron chi connectivity index (χ2n) is 2.79. The van der Waals surface area contributed by atoms with Crippen LogP contribution in [0.3, 0.4) is 0 Å². The minimum atomic E-state index is 0.937. The Labute approximate surface area is 67.5 Å². The highest BCUT2D eigenvalue weighted by Crippen LogP contribution is 2.04. The van der Waals surface area contributed by atoms with E-state index >= 15 is 0 Å². The van der Waals surface area contributed by atoms with E-state index < -0.39 is 0 Å². The number of rotatable bonds is 2. The van der Waals surface area contributed by atoms with Crippen molar-refractivity contribution < 1.29 is 0 Å². The molecule has 0 aliphatic carbocycles. The third-order valence-electron chi connectivity index (χ3n) is 1.49. The lowest BCUT2D eigenvalue weighted by molar-refractivity contribution is 0.653. The molecule has 11 heavy (non-hydrogen) atoms. The Morgan fingerprint density at radius 1 is 1.64 bits per heavy atom. The van der Waals surface area contributed by atoms with Crippen LogP contribution in [-0.4, -0.2) is 9.78 Å². The van der Waals surface area contributed by atoms with Gasteiger partial charge in [-0.1, -0.05) is 5.57 Å².